The van der Waals surface area contributed by atoms with Crippen LogP contribution in [0.3, 0.4) is 0 Å². The second-order valence-corrected chi connectivity index (χ2v) is 7.86. The van der Waals surface area contributed by atoms with Crippen LogP contribution in [0.2, 0.25) is 0 Å². The Morgan fingerprint density at radius 2 is 1.88 bits per heavy atom. The molecule has 134 valence electrons. The molecular formula is C17H26N2O4S. The van der Waals surface area contributed by atoms with Crippen molar-refractivity contribution in [1.29, 1.82) is 0 Å². The molecule has 0 aromatic heterocycles. The van der Waals surface area contributed by atoms with Crippen molar-refractivity contribution in [2.75, 3.05) is 25.5 Å². The van der Waals surface area contributed by atoms with Crippen LogP contribution in [-0.4, -0.2) is 38.8 Å². The zero-order valence-corrected chi connectivity index (χ0v) is 15.4. The molecule has 1 aromatic carbocycles. The molecule has 1 amide bonds. The lowest BCUT2D eigenvalue weighted by molar-refractivity contribution is -0.119. The topological polar surface area (TPSA) is 75.7 Å². The van der Waals surface area contributed by atoms with Crippen LogP contribution in [0, 0.1) is 5.92 Å². The highest BCUT2D eigenvalue weighted by molar-refractivity contribution is 7.89. The number of hydrogen-bond donors (Lipinski definition) is 1. The molecule has 24 heavy (non-hydrogen) atoms. The normalized spacial score (nSPS) is 15.7. The van der Waals surface area contributed by atoms with Gasteiger partial charge in [0.25, 0.3) is 0 Å². The zero-order valence-electron chi connectivity index (χ0n) is 14.5. The summed E-state index contributed by atoms with van der Waals surface area (Å²) in [5.74, 6) is 0.390. The Kier molecular flexibility index (Phi) is 6.23. The highest BCUT2D eigenvalue weighted by Gasteiger charge is 2.26. The maximum Gasteiger partial charge on any atom is 0.243 e. The smallest absolute Gasteiger partial charge is 0.243 e. The highest BCUT2D eigenvalue weighted by Crippen LogP contribution is 2.31. The van der Waals surface area contributed by atoms with E-state index >= 15 is 0 Å². The van der Waals surface area contributed by atoms with Gasteiger partial charge in [-0.2, -0.15) is 4.31 Å². The molecule has 1 fully saturated rings. The average molecular weight is 354 g/mol. The van der Waals surface area contributed by atoms with Gasteiger partial charge < -0.3 is 10.1 Å². The van der Waals surface area contributed by atoms with Crippen LogP contribution in [0.1, 0.15) is 39.5 Å². The van der Waals surface area contributed by atoms with Gasteiger partial charge in [0.15, 0.2) is 0 Å². The fourth-order valence-electron chi connectivity index (χ4n) is 3.08. The number of nitrogens with one attached hydrogen (secondary N) is 1. The van der Waals surface area contributed by atoms with Gasteiger partial charge in [-0.05, 0) is 31.0 Å². The number of benzene rings is 1. The van der Waals surface area contributed by atoms with Crippen molar-refractivity contribution in [3.05, 3.63) is 18.2 Å². The molecule has 0 bridgehead atoms. The van der Waals surface area contributed by atoms with E-state index in [-0.39, 0.29) is 16.7 Å². The zero-order chi connectivity index (χ0) is 17.7. The number of carbonyl (C=O) groups is 1. The number of sulfonamides is 1. The van der Waals surface area contributed by atoms with Crippen molar-refractivity contribution >= 4 is 21.6 Å². The van der Waals surface area contributed by atoms with Gasteiger partial charge >= 0.3 is 0 Å². The van der Waals surface area contributed by atoms with E-state index in [1.807, 2.05) is 0 Å². The molecular weight excluding hydrogens is 328 g/mol. The summed E-state index contributed by atoms with van der Waals surface area (Å²) in [6.07, 6.45) is 3.88. The number of ether oxygens (including phenoxy) is 1. The molecule has 0 aliphatic heterocycles. The quantitative estimate of drug-likeness (QED) is 0.817. The molecule has 7 heteroatoms. The summed E-state index contributed by atoms with van der Waals surface area (Å²) in [6, 6.07) is 4.58. The molecule has 1 aliphatic carbocycles. The Morgan fingerprint density at radius 1 is 1.25 bits per heavy atom. The number of methoxy groups -OCH3 is 1. The molecule has 1 aliphatic rings. The van der Waals surface area contributed by atoms with E-state index in [0.29, 0.717) is 24.5 Å². The number of hydrogen-bond acceptors (Lipinski definition) is 4. The first-order chi connectivity index (χ1) is 11.4. The Balaban J connectivity index is 2.31. The predicted octanol–water partition coefficient (Wildman–Crippen LogP) is 2.85. The second kappa shape index (κ2) is 7.98. The molecule has 6 nitrogen and oxygen atoms in total. The van der Waals surface area contributed by atoms with E-state index in [0.717, 1.165) is 25.7 Å². The van der Waals surface area contributed by atoms with E-state index in [2.05, 4.69) is 5.32 Å². The minimum atomic E-state index is -3.58. The minimum Gasteiger partial charge on any atom is -0.495 e. The Labute approximate surface area is 144 Å². The summed E-state index contributed by atoms with van der Waals surface area (Å²) in [5.41, 5.74) is 0.405. The number of nitrogens with zero attached hydrogens (tertiary/aromatic N) is 1. The van der Waals surface area contributed by atoms with E-state index in [9.17, 15) is 13.2 Å². The number of carbonyl (C=O) groups excluding carboxylic acids is 1. The molecule has 0 atom stereocenters. The van der Waals surface area contributed by atoms with Crippen LogP contribution >= 0.6 is 0 Å². The molecule has 0 unspecified atom stereocenters. The van der Waals surface area contributed by atoms with Gasteiger partial charge in [0.05, 0.1) is 17.7 Å². The average Bonchev–Trinajstić information content (AvgIpc) is 3.10. The number of anilines is 1. The van der Waals surface area contributed by atoms with E-state index in [1.165, 1.54) is 23.5 Å². The van der Waals surface area contributed by atoms with Gasteiger partial charge in [0.2, 0.25) is 15.9 Å². The molecule has 0 heterocycles. The minimum absolute atomic E-state index is 0.00208. The number of amides is 1. The summed E-state index contributed by atoms with van der Waals surface area (Å²) in [5, 5.41) is 2.84. The largest absolute Gasteiger partial charge is 0.495 e. The first kappa shape index (κ1) is 18.7. The lowest BCUT2D eigenvalue weighted by Gasteiger charge is -2.20. The summed E-state index contributed by atoms with van der Waals surface area (Å²) in [7, 11) is -2.08. The van der Waals surface area contributed by atoms with Crippen LogP contribution in [0.5, 0.6) is 5.75 Å². The highest BCUT2D eigenvalue weighted by atomic mass is 32.2. The molecule has 1 aromatic rings. The predicted molar refractivity (Wildman–Crippen MR) is 93.7 cm³/mol. The first-order valence-corrected chi connectivity index (χ1v) is 9.87. The maximum atomic E-state index is 12.7. The van der Waals surface area contributed by atoms with E-state index < -0.39 is 10.0 Å². The van der Waals surface area contributed by atoms with Crippen LogP contribution in [0.25, 0.3) is 0 Å². The van der Waals surface area contributed by atoms with Gasteiger partial charge in [0, 0.05) is 19.0 Å². The molecule has 0 spiro atoms. The van der Waals surface area contributed by atoms with Crippen molar-refractivity contribution < 1.29 is 17.9 Å². The molecule has 0 radical (unpaired) electrons. The third-order valence-corrected chi connectivity index (χ3v) is 6.54. The number of rotatable bonds is 7. The summed E-state index contributed by atoms with van der Waals surface area (Å²) >= 11 is 0. The third kappa shape index (κ3) is 3.89. The lowest BCUT2D eigenvalue weighted by atomic mass is 10.1. The fraction of sp³-hybridized carbons (Fsp3) is 0.588. The van der Waals surface area contributed by atoms with Gasteiger partial charge in [-0.3, -0.25) is 4.79 Å². The Hall–Kier alpha value is -1.60. The standard InChI is InChI=1S/C17H26N2O4S/c1-4-19(5-2)24(21,22)14-10-11-16(23-3)15(12-14)18-17(20)13-8-6-7-9-13/h10-13H,4-9H2,1-3H3,(H,18,20). The summed E-state index contributed by atoms with van der Waals surface area (Å²) in [6.45, 7) is 4.39. The monoisotopic (exact) mass is 354 g/mol. The Morgan fingerprint density at radius 3 is 2.42 bits per heavy atom. The molecule has 0 saturated heterocycles. The second-order valence-electron chi connectivity index (χ2n) is 5.92. The van der Waals surface area contributed by atoms with Crippen LogP contribution < -0.4 is 10.1 Å². The van der Waals surface area contributed by atoms with Gasteiger partial charge in [0.1, 0.15) is 5.75 Å². The van der Waals surface area contributed by atoms with Gasteiger partial charge in [-0.25, -0.2) is 8.42 Å². The fourth-order valence-corrected chi connectivity index (χ4v) is 4.57. The molecule has 1 saturated carbocycles. The lowest BCUT2D eigenvalue weighted by Crippen LogP contribution is -2.30. The summed E-state index contributed by atoms with van der Waals surface area (Å²) < 4.78 is 32.0. The van der Waals surface area contributed by atoms with Crippen LogP contribution in [0.15, 0.2) is 23.1 Å². The van der Waals surface area contributed by atoms with Crippen molar-refractivity contribution in [2.45, 2.75) is 44.4 Å². The van der Waals surface area contributed by atoms with Gasteiger partial charge in [-0.1, -0.05) is 26.7 Å². The van der Waals surface area contributed by atoms with Crippen LogP contribution in [-0.2, 0) is 14.8 Å². The van der Waals surface area contributed by atoms with Crippen molar-refractivity contribution in [3.63, 3.8) is 0 Å². The molecule has 1 N–H and O–H groups in total. The van der Waals surface area contributed by atoms with Gasteiger partial charge in [-0.15, -0.1) is 0 Å². The Bertz CT molecular complexity index is 678. The summed E-state index contributed by atoms with van der Waals surface area (Å²) in [4.78, 5) is 12.5. The molecule has 2 rings (SSSR count). The van der Waals surface area contributed by atoms with Crippen molar-refractivity contribution in [2.24, 2.45) is 5.92 Å². The first-order valence-electron chi connectivity index (χ1n) is 8.43. The van der Waals surface area contributed by atoms with E-state index in [4.69, 9.17) is 4.74 Å². The third-order valence-electron chi connectivity index (χ3n) is 4.50. The van der Waals surface area contributed by atoms with Crippen molar-refractivity contribution in [3.8, 4) is 5.75 Å². The maximum absolute atomic E-state index is 12.7. The van der Waals surface area contributed by atoms with Crippen LogP contribution in [0.4, 0.5) is 5.69 Å². The SMILES string of the molecule is CCN(CC)S(=O)(=O)c1ccc(OC)c(NC(=O)C2CCCC2)c1. The van der Waals surface area contributed by atoms with Crippen molar-refractivity contribution in [1.82, 2.24) is 4.31 Å². The van der Waals surface area contributed by atoms with E-state index in [1.54, 1.807) is 19.9 Å².